The third kappa shape index (κ3) is 5.25. The lowest BCUT2D eigenvalue weighted by Crippen LogP contribution is -2.42. The van der Waals surface area contributed by atoms with Crippen LogP contribution in [-0.4, -0.2) is 30.2 Å². The van der Waals surface area contributed by atoms with Gasteiger partial charge in [-0.05, 0) is 36.3 Å². The molecule has 3 nitrogen and oxygen atoms in total. The third-order valence-electron chi connectivity index (χ3n) is 3.00. The van der Waals surface area contributed by atoms with E-state index in [4.69, 9.17) is 5.73 Å². The molecule has 1 aromatic carbocycles. The van der Waals surface area contributed by atoms with Crippen molar-refractivity contribution >= 4 is 17.7 Å². The number of nitrogens with zero attached hydrogens (tertiary/aromatic N) is 1. The zero-order valence-corrected chi connectivity index (χ0v) is 13.0. The van der Waals surface area contributed by atoms with Crippen LogP contribution in [0.4, 0.5) is 0 Å². The van der Waals surface area contributed by atoms with Crippen LogP contribution >= 0.6 is 11.8 Å². The molecule has 0 heterocycles. The Bertz CT molecular complexity index is 403. The number of carbonyl (C=O) groups is 1. The van der Waals surface area contributed by atoms with Crippen LogP contribution in [0.1, 0.15) is 25.8 Å². The molecule has 1 atom stereocenters. The molecule has 0 saturated carbocycles. The summed E-state index contributed by atoms with van der Waals surface area (Å²) < 4.78 is 0. The first kappa shape index (κ1) is 16.1. The van der Waals surface area contributed by atoms with Gasteiger partial charge in [0.25, 0.3) is 0 Å². The van der Waals surface area contributed by atoms with Gasteiger partial charge in [-0.1, -0.05) is 26.0 Å². The van der Waals surface area contributed by atoms with E-state index in [0.29, 0.717) is 12.5 Å². The second kappa shape index (κ2) is 7.56. The lowest BCUT2D eigenvalue weighted by Gasteiger charge is -2.22. The minimum absolute atomic E-state index is 0.0163. The minimum atomic E-state index is -0.393. The van der Waals surface area contributed by atoms with Crippen molar-refractivity contribution in [1.82, 2.24) is 4.90 Å². The Morgan fingerprint density at radius 3 is 2.37 bits per heavy atom. The molecule has 0 bridgehead atoms. The largest absolute Gasteiger partial charge is 0.340 e. The van der Waals surface area contributed by atoms with Crippen molar-refractivity contribution in [2.24, 2.45) is 11.7 Å². The number of carbonyl (C=O) groups excluding carboxylic acids is 1. The van der Waals surface area contributed by atoms with Crippen molar-refractivity contribution in [3.05, 3.63) is 29.8 Å². The number of benzene rings is 1. The molecule has 0 aromatic heterocycles. The molecule has 4 heteroatoms. The number of hydrogen-bond acceptors (Lipinski definition) is 3. The topological polar surface area (TPSA) is 46.3 Å². The monoisotopic (exact) mass is 280 g/mol. The summed E-state index contributed by atoms with van der Waals surface area (Å²) in [5.74, 6) is 0.454. The average molecular weight is 280 g/mol. The van der Waals surface area contributed by atoms with Crippen molar-refractivity contribution in [3.8, 4) is 0 Å². The van der Waals surface area contributed by atoms with Crippen LogP contribution < -0.4 is 5.73 Å². The maximum atomic E-state index is 12.1. The Morgan fingerprint density at radius 1 is 1.32 bits per heavy atom. The second-order valence-electron chi connectivity index (χ2n) is 5.28. The lowest BCUT2D eigenvalue weighted by molar-refractivity contribution is -0.132. The van der Waals surface area contributed by atoms with Crippen LogP contribution in [-0.2, 0) is 11.3 Å². The van der Waals surface area contributed by atoms with Crippen LogP contribution in [0.5, 0.6) is 0 Å². The van der Waals surface area contributed by atoms with Gasteiger partial charge < -0.3 is 10.6 Å². The van der Waals surface area contributed by atoms with Crippen LogP contribution in [0.25, 0.3) is 0 Å². The van der Waals surface area contributed by atoms with Crippen molar-refractivity contribution in [3.63, 3.8) is 0 Å². The highest BCUT2D eigenvalue weighted by atomic mass is 32.2. The van der Waals surface area contributed by atoms with E-state index in [2.05, 4.69) is 44.4 Å². The van der Waals surface area contributed by atoms with Gasteiger partial charge in [-0.15, -0.1) is 11.8 Å². The molecule has 1 aromatic rings. The Hall–Kier alpha value is -1.00. The number of amides is 1. The fourth-order valence-corrected chi connectivity index (χ4v) is 2.38. The second-order valence-corrected chi connectivity index (χ2v) is 6.16. The SMILES string of the molecule is CSc1ccc(CN(C)C(=O)C(N)CC(C)C)cc1. The van der Waals surface area contributed by atoms with Gasteiger partial charge in [-0.2, -0.15) is 0 Å². The first-order valence-electron chi connectivity index (χ1n) is 6.57. The van der Waals surface area contributed by atoms with Crippen LogP contribution in [0.2, 0.25) is 0 Å². The standard InChI is InChI=1S/C15H24N2OS/c1-11(2)9-14(16)15(18)17(3)10-12-5-7-13(19-4)8-6-12/h5-8,11,14H,9-10,16H2,1-4H3. The van der Waals surface area contributed by atoms with Crippen LogP contribution in [0, 0.1) is 5.92 Å². The highest BCUT2D eigenvalue weighted by molar-refractivity contribution is 7.98. The Morgan fingerprint density at radius 2 is 1.89 bits per heavy atom. The predicted molar refractivity (Wildman–Crippen MR) is 82.1 cm³/mol. The molecule has 1 unspecified atom stereocenters. The minimum Gasteiger partial charge on any atom is -0.340 e. The number of likely N-dealkylation sites (N-methyl/N-ethyl adjacent to an activating group) is 1. The van der Waals surface area contributed by atoms with E-state index >= 15 is 0 Å². The smallest absolute Gasteiger partial charge is 0.239 e. The molecule has 0 aliphatic heterocycles. The van der Waals surface area contributed by atoms with Gasteiger partial charge in [0.05, 0.1) is 6.04 Å². The fraction of sp³-hybridized carbons (Fsp3) is 0.533. The number of nitrogens with two attached hydrogens (primary N) is 1. The van der Waals surface area contributed by atoms with Crippen LogP contribution in [0.3, 0.4) is 0 Å². The molecule has 1 rings (SSSR count). The van der Waals surface area contributed by atoms with E-state index < -0.39 is 6.04 Å². The molecular formula is C15H24N2OS. The maximum Gasteiger partial charge on any atom is 0.239 e. The van der Waals surface area contributed by atoms with Gasteiger partial charge >= 0.3 is 0 Å². The lowest BCUT2D eigenvalue weighted by atomic mass is 10.0. The predicted octanol–water partition coefficient (Wildman–Crippen LogP) is 2.74. The molecule has 0 fully saturated rings. The summed E-state index contributed by atoms with van der Waals surface area (Å²) in [5.41, 5.74) is 7.05. The zero-order chi connectivity index (χ0) is 14.4. The summed E-state index contributed by atoms with van der Waals surface area (Å²) in [6.45, 7) is 4.77. The number of thioether (sulfide) groups is 1. The van der Waals surface area contributed by atoms with Crippen LogP contribution in [0.15, 0.2) is 29.2 Å². The Kier molecular flexibility index (Phi) is 6.38. The zero-order valence-electron chi connectivity index (χ0n) is 12.2. The summed E-state index contributed by atoms with van der Waals surface area (Å²) in [6.07, 6.45) is 2.78. The maximum absolute atomic E-state index is 12.1. The van der Waals surface area contributed by atoms with E-state index in [1.807, 2.05) is 7.05 Å². The molecule has 1 amide bonds. The van der Waals surface area contributed by atoms with Gasteiger partial charge in [0, 0.05) is 18.5 Å². The molecule has 2 N–H and O–H groups in total. The Balaban J connectivity index is 2.57. The highest BCUT2D eigenvalue weighted by Gasteiger charge is 2.18. The third-order valence-corrected chi connectivity index (χ3v) is 3.74. The van der Waals surface area contributed by atoms with E-state index in [1.54, 1.807) is 16.7 Å². The summed E-state index contributed by atoms with van der Waals surface area (Å²) in [5, 5.41) is 0. The number of hydrogen-bond donors (Lipinski definition) is 1. The van der Waals surface area contributed by atoms with Gasteiger partial charge in [0.1, 0.15) is 0 Å². The molecule has 0 aliphatic rings. The van der Waals surface area contributed by atoms with Crippen molar-refractivity contribution in [2.45, 2.75) is 37.8 Å². The van der Waals surface area contributed by atoms with Gasteiger partial charge in [-0.3, -0.25) is 4.79 Å². The molecule has 19 heavy (non-hydrogen) atoms. The van der Waals surface area contributed by atoms with E-state index in [0.717, 1.165) is 12.0 Å². The van der Waals surface area contributed by atoms with E-state index in [-0.39, 0.29) is 5.91 Å². The molecule has 0 spiro atoms. The summed E-state index contributed by atoms with van der Waals surface area (Å²) in [7, 11) is 1.81. The summed E-state index contributed by atoms with van der Waals surface area (Å²) >= 11 is 1.71. The average Bonchev–Trinajstić information content (AvgIpc) is 2.37. The summed E-state index contributed by atoms with van der Waals surface area (Å²) in [4.78, 5) is 15.0. The van der Waals surface area contributed by atoms with Crippen molar-refractivity contribution in [2.75, 3.05) is 13.3 Å². The molecule has 0 radical (unpaired) electrons. The Labute approximate surface area is 120 Å². The molecule has 0 saturated heterocycles. The quantitative estimate of drug-likeness (QED) is 0.815. The first-order valence-corrected chi connectivity index (χ1v) is 7.80. The first-order chi connectivity index (χ1) is 8.93. The molecule has 0 aliphatic carbocycles. The highest BCUT2D eigenvalue weighted by Crippen LogP contribution is 2.16. The summed E-state index contributed by atoms with van der Waals surface area (Å²) in [6, 6.07) is 7.88. The van der Waals surface area contributed by atoms with Gasteiger partial charge in [0.15, 0.2) is 0 Å². The van der Waals surface area contributed by atoms with Gasteiger partial charge in [0.2, 0.25) is 5.91 Å². The molecule has 106 valence electrons. The van der Waals surface area contributed by atoms with E-state index in [1.165, 1.54) is 4.90 Å². The number of rotatable bonds is 6. The normalized spacial score (nSPS) is 12.5. The van der Waals surface area contributed by atoms with E-state index in [9.17, 15) is 4.79 Å². The van der Waals surface area contributed by atoms with Crippen molar-refractivity contribution < 1.29 is 4.79 Å². The van der Waals surface area contributed by atoms with Crippen molar-refractivity contribution in [1.29, 1.82) is 0 Å². The molecular weight excluding hydrogens is 256 g/mol. The van der Waals surface area contributed by atoms with Gasteiger partial charge in [-0.25, -0.2) is 0 Å². The fourth-order valence-electron chi connectivity index (χ4n) is 1.97.